The standard InChI is InChI=1S/C11H6FN2O2.Ir/c12-9-5-4-8(7-11(9)14(15)16)10-3-1-2-6-13-10;/h1-3,5-7H;/q-1;. The first kappa shape index (κ1) is 13.4. The van der Waals surface area contributed by atoms with Gasteiger partial charge in [0.25, 0.3) is 0 Å². The van der Waals surface area contributed by atoms with Crippen molar-refractivity contribution in [3.05, 3.63) is 58.5 Å². The fraction of sp³-hybridized carbons (Fsp3) is 0. The first-order valence-corrected chi connectivity index (χ1v) is 4.45. The van der Waals surface area contributed by atoms with Crippen molar-refractivity contribution in [2.24, 2.45) is 0 Å². The number of rotatable bonds is 2. The molecule has 2 rings (SSSR count). The van der Waals surface area contributed by atoms with E-state index >= 15 is 0 Å². The van der Waals surface area contributed by atoms with E-state index in [1.54, 1.807) is 24.4 Å². The zero-order chi connectivity index (χ0) is 11.5. The van der Waals surface area contributed by atoms with Crippen LogP contribution in [0.25, 0.3) is 11.3 Å². The first-order valence-electron chi connectivity index (χ1n) is 4.45. The molecule has 0 unspecified atom stereocenters. The van der Waals surface area contributed by atoms with E-state index in [-0.39, 0.29) is 20.1 Å². The molecule has 0 N–H and O–H groups in total. The molecule has 0 fully saturated rings. The number of halogens is 1. The Morgan fingerprint density at radius 1 is 1.41 bits per heavy atom. The molecule has 0 amide bonds. The molecule has 0 atom stereocenters. The summed E-state index contributed by atoms with van der Waals surface area (Å²) in [6.45, 7) is 0. The van der Waals surface area contributed by atoms with Crippen molar-refractivity contribution in [2.45, 2.75) is 0 Å². The summed E-state index contributed by atoms with van der Waals surface area (Å²) in [5.41, 5.74) is 0.346. The van der Waals surface area contributed by atoms with Gasteiger partial charge in [0.05, 0.1) is 0 Å². The molecule has 0 aliphatic heterocycles. The van der Waals surface area contributed by atoms with Gasteiger partial charge < -0.3 is 4.98 Å². The van der Waals surface area contributed by atoms with E-state index in [4.69, 9.17) is 0 Å². The Kier molecular flexibility index (Phi) is 4.43. The largest absolute Gasteiger partial charge is 0.305 e. The maximum absolute atomic E-state index is 13.0. The van der Waals surface area contributed by atoms with Gasteiger partial charge >= 0.3 is 0 Å². The van der Waals surface area contributed by atoms with Crippen molar-refractivity contribution in [1.29, 1.82) is 0 Å². The molecular weight excluding hydrogens is 403 g/mol. The van der Waals surface area contributed by atoms with E-state index in [9.17, 15) is 14.5 Å². The third kappa shape index (κ3) is 2.93. The van der Waals surface area contributed by atoms with Gasteiger partial charge in [-0.15, -0.1) is 17.7 Å². The van der Waals surface area contributed by atoms with Crippen molar-refractivity contribution in [3.8, 4) is 11.3 Å². The molecule has 1 radical (unpaired) electrons. The normalized spacial score (nSPS) is 9.47. The minimum Gasteiger partial charge on any atom is -0.305 e. The molecule has 0 saturated heterocycles. The molecule has 4 nitrogen and oxygen atoms in total. The number of hydrogen-bond acceptors (Lipinski definition) is 3. The predicted octanol–water partition coefficient (Wildman–Crippen LogP) is 2.59. The summed E-state index contributed by atoms with van der Waals surface area (Å²) >= 11 is 0. The van der Waals surface area contributed by atoms with E-state index in [0.29, 0.717) is 11.3 Å². The molecule has 17 heavy (non-hydrogen) atoms. The Morgan fingerprint density at radius 2 is 2.18 bits per heavy atom. The third-order valence-electron chi connectivity index (χ3n) is 2.02. The zero-order valence-corrected chi connectivity index (χ0v) is 10.8. The van der Waals surface area contributed by atoms with Crippen molar-refractivity contribution >= 4 is 5.69 Å². The minimum absolute atomic E-state index is 0. The van der Waals surface area contributed by atoms with Gasteiger partial charge in [-0.25, -0.2) is 0 Å². The van der Waals surface area contributed by atoms with Gasteiger partial charge in [-0.05, 0) is 11.8 Å². The first-order chi connectivity index (χ1) is 7.68. The molecule has 0 saturated carbocycles. The molecule has 0 bridgehead atoms. The van der Waals surface area contributed by atoms with Crippen LogP contribution < -0.4 is 0 Å². The van der Waals surface area contributed by atoms with Crippen LogP contribution in [0.2, 0.25) is 0 Å². The maximum Gasteiger partial charge on any atom is 0.226 e. The Morgan fingerprint density at radius 3 is 2.76 bits per heavy atom. The van der Waals surface area contributed by atoms with Crippen LogP contribution in [0, 0.1) is 22.0 Å². The van der Waals surface area contributed by atoms with E-state index < -0.39 is 16.4 Å². The molecule has 89 valence electrons. The van der Waals surface area contributed by atoms with Crippen LogP contribution >= 0.6 is 0 Å². The number of aromatic nitrogens is 1. The Bertz CT molecular complexity index is 534. The number of nitro groups is 1. The number of benzene rings is 1. The Balaban J connectivity index is 0.00000144. The second-order valence-corrected chi connectivity index (χ2v) is 3.05. The van der Waals surface area contributed by atoms with Crippen molar-refractivity contribution in [3.63, 3.8) is 0 Å². The number of nitro benzene ring substituents is 1. The summed E-state index contributed by atoms with van der Waals surface area (Å²) in [6, 6.07) is 9.81. The fourth-order valence-electron chi connectivity index (χ4n) is 1.27. The van der Waals surface area contributed by atoms with Crippen molar-refractivity contribution < 1.29 is 29.4 Å². The topological polar surface area (TPSA) is 56.0 Å². The Hall–Kier alpha value is -1.65. The van der Waals surface area contributed by atoms with Crippen LogP contribution in [0.15, 0.2) is 36.5 Å². The quantitative estimate of drug-likeness (QED) is 0.435. The van der Waals surface area contributed by atoms with Gasteiger partial charge in [0, 0.05) is 31.2 Å². The van der Waals surface area contributed by atoms with Gasteiger partial charge in [0.1, 0.15) is 5.82 Å². The van der Waals surface area contributed by atoms with Crippen LogP contribution in [0.4, 0.5) is 10.1 Å². The SMILES string of the molecule is O=[N+]([O-])c1cc(-c2ccccn2)[c-]cc1F.[Ir]. The fourth-order valence-corrected chi connectivity index (χ4v) is 1.27. The van der Waals surface area contributed by atoms with Gasteiger partial charge in [-0.2, -0.15) is 0 Å². The second kappa shape index (κ2) is 5.61. The van der Waals surface area contributed by atoms with E-state index in [2.05, 4.69) is 11.1 Å². The van der Waals surface area contributed by atoms with Crippen LogP contribution in [0.5, 0.6) is 0 Å². The van der Waals surface area contributed by atoms with E-state index in [1.807, 2.05) is 0 Å². The molecule has 1 aromatic heterocycles. The van der Waals surface area contributed by atoms with Crippen molar-refractivity contribution in [1.82, 2.24) is 4.98 Å². The molecule has 2 aromatic rings. The van der Waals surface area contributed by atoms with E-state index in [0.717, 1.165) is 12.1 Å². The number of hydrogen-bond donors (Lipinski definition) is 0. The molecule has 0 aliphatic carbocycles. The summed E-state index contributed by atoms with van der Waals surface area (Å²) in [5, 5.41) is 10.5. The number of nitrogens with zero attached hydrogens (tertiary/aromatic N) is 2. The molecule has 0 aliphatic rings. The summed E-state index contributed by atoms with van der Waals surface area (Å²) in [7, 11) is 0. The molecule has 0 spiro atoms. The van der Waals surface area contributed by atoms with Gasteiger partial charge in [-0.3, -0.25) is 14.5 Å². The maximum atomic E-state index is 13.0. The minimum atomic E-state index is -0.898. The second-order valence-electron chi connectivity index (χ2n) is 3.05. The van der Waals surface area contributed by atoms with Gasteiger partial charge in [0.2, 0.25) is 5.69 Å². The molecule has 1 aromatic carbocycles. The molecular formula is C11H6FIrN2O2-. The van der Waals surface area contributed by atoms with Crippen LogP contribution in [-0.2, 0) is 20.1 Å². The summed E-state index contributed by atoms with van der Waals surface area (Å²) in [5.74, 6) is -0.898. The summed E-state index contributed by atoms with van der Waals surface area (Å²) < 4.78 is 13.0. The monoisotopic (exact) mass is 410 g/mol. The third-order valence-corrected chi connectivity index (χ3v) is 2.02. The zero-order valence-electron chi connectivity index (χ0n) is 8.39. The van der Waals surface area contributed by atoms with E-state index in [1.165, 1.54) is 0 Å². The van der Waals surface area contributed by atoms with Crippen LogP contribution in [0.1, 0.15) is 0 Å². The average Bonchev–Trinajstić information content (AvgIpc) is 2.30. The van der Waals surface area contributed by atoms with Gasteiger partial charge in [-0.1, -0.05) is 18.2 Å². The van der Waals surface area contributed by atoms with Crippen LogP contribution in [-0.4, -0.2) is 9.91 Å². The smallest absolute Gasteiger partial charge is 0.226 e. The summed E-state index contributed by atoms with van der Waals surface area (Å²) in [4.78, 5) is 13.8. The van der Waals surface area contributed by atoms with Crippen molar-refractivity contribution in [2.75, 3.05) is 0 Å². The number of pyridine rings is 1. The molecule has 6 heteroatoms. The summed E-state index contributed by atoms with van der Waals surface area (Å²) in [6.07, 6.45) is 1.55. The van der Waals surface area contributed by atoms with Gasteiger partial charge in [0.15, 0.2) is 0 Å². The average molecular weight is 409 g/mol. The Labute approximate surface area is 110 Å². The molecule has 1 heterocycles. The predicted molar refractivity (Wildman–Crippen MR) is 55.1 cm³/mol. The van der Waals surface area contributed by atoms with Crippen LogP contribution in [0.3, 0.4) is 0 Å².